The van der Waals surface area contributed by atoms with Crippen molar-refractivity contribution in [1.29, 1.82) is 0 Å². The van der Waals surface area contributed by atoms with Crippen LogP contribution in [-0.2, 0) is 10.0 Å². The van der Waals surface area contributed by atoms with E-state index in [9.17, 15) is 8.42 Å². The van der Waals surface area contributed by atoms with Gasteiger partial charge < -0.3 is 10.6 Å². The molecule has 0 bridgehead atoms. The summed E-state index contributed by atoms with van der Waals surface area (Å²) in [5, 5.41) is 0. The Hall–Kier alpha value is -1.11. The van der Waals surface area contributed by atoms with Crippen LogP contribution >= 0.6 is 0 Å². The molecular weight excluding hydrogens is 274 g/mol. The molecule has 112 valence electrons. The molecule has 0 atom stereocenters. The maximum Gasteiger partial charge on any atom is 0.242 e. The van der Waals surface area contributed by atoms with Crippen molar-refractivity contribution in [3.05, 3.63) is 23.8 Å². The molecule has 0 saturated carbocycles. The molecule has 0 amide bonds. The summed E-state index contributed by atoms with van der Waals surface area (Å²) in [6.07, 6.45) is 1.69. The van der Waals surface area contributed by atoms with E-state index in [0.717, 1.165) is 38.0 Å². The van der Waals surface area contributed by atoms with Crippen LogP contribution in [0.4, 0.5) is 5.69 Å². The molecular formula is C14H23N3O2S. The second-order valence-electron chi connectivity index (χ2n) is 5.37. The zero-order valence-corrected chi connectivity index (χ0v) is 12.9. The van der Waals surface area contributed by atoms with E-state index in [-0.39, 0.29) is 10.9 Å². The molecule has 2 rings (SSSR count). The third kappa shape index (κ3) is 3.50. The number of likely N-dealkylation sites (tertiary alicyclic amines) is 1. The highest BCUT2D eigenvalue weighted by atomic mass is 32.2. The number of piperidine rings is 1. The molecule has 1 saturated heterocycles. The second kappa shape index (κ2) is 6.11. The van der Waals surface area contributed by atoms with Crippen LogP contribution in [0.2, 0.25) is 0 Å². The minimum Gasteiger partial charge on any atom is -0.398 e. The third-order valence-corrected chi connectivity index (χ3v) is 5.41. The first-order valence-corrected chi connectivity index (χ1v) is 8.51. The first-order chi connectivity index (χ1) is 9.42. The average molecular weight is 297 g/mol. The summed E-state index contributed by atoms with van der Waals surface area (Å²) in [5.74, 6) is 0. The molecule has 1 fully saturated rings. The maximum absolute atomic E-state index is 12.4. The molecule has 6 heteroatoms. The Kier molecular flexibility index (Phi) is 4.67. The predicted molar refractivity (Wildman–Crippen MR) is 81.0 cm³/mol. The van der Waals surface area contributed by atoms with Crippen molar-refractivity contribution >= 4 is 15.7 Å². The highest BCUT2D eigenvalue weighted by molar-refractivity contribution is 7.89. The molecule has 1 aromatic rings. The van der Waals surface area contributed by atoms with E-state index in [0.29, 0.717) is 5.69 Å². The van der Waals surface area contributed by atoms with Crippen LogP contribution in [0.3, 0.4) is 0 Å². The highest BCUT2D eigenvalue weighted by Crippen LogP contribution is 2.21. The quantitative estimate of drug-likeness (QED) is 0.822. The summed E-state index contributed by atoms with van der Waals surface area (Å²) in [5.41, 5.74) is 7.09. The van der Waals surface area contributed by atoms with Gasteiger partial charge in [0.15, 0.2) is 0 Å². The summed E-state index contributed by atoms with van der Waals surface area (Å²) < 4.78 is 27.5. The van der Waals surface area contributed by atoms with E-state index in [1.165, 1.54) is 0 Å². The van der Waals surface area contributed by atoms with Crippen molar-refractivity contribution in [2.45, 2.75) is 37.6 Å². The number of benzene rings is 1. The number of hydrogen-bond donors (Lipinski definition) is 2. The molecule has 1 aromatic carbocycles. The molecule has 3 N–H and O–H groups in total. The van der Waals surface area contributed by atoms with E-state index >= 15 is 0 Å². The van der Waals surface area contributed by atoms with Crippen molar-refractivity contribution < 1.29 is 8.42 Å². The van der Waals surface area contributed by atoms with Crippen molar-refractivity contribution in [3.8, 4) is 0 Å². The van der Waals surface area contributed by atoms with Crippen LogP contribution in [-0.4, -0.2) is 39.0 Å². The molecule has 1 aliphatic heterocycles. The average Bonchev–Trinajstić information content (AvgIpc) is 2.38. The van der Waals surface area contributed by atoms with E-state index < -0.39 is 10.0 Å². The van der Waals surface area contributed by atoms with Crippen molar-refractivity contribution in [3.63, 3.8) is 0 Å². The molecule has 0 spiro atoms. The summed E-state index contributed by atoms with van der Waals surface area (Å²) in [7, 11) is -3.53. The highest BCUT2D eigenvalue weighted by Gasteiger charge is 2.25. The lowest BCUT2D eigenvalue weighted by Crippen LogP contribution is -2.44. The molecule has 0 aliphatic carbocycles. The Morgan fingerprint density at radius 2 is 2.00 bits per heavy atom. The molecule has 5 nitrogen and oxygen atoms in total. The SMILES string of the molecule is CCN1CCC(NS(=O)(=O)c2ccc(C)cc2N)CC1. The predicted octanol–water partition coefficient (Wildman–Crippen LogP) is 1.34. The summed E-state index contributed by atoms with van der Waals surface area (Å²) in [6.45, 7) is 6.91. The zero-order valence-electron chi connectivity index (χ0n) is 12.1. The second-order valence-corrected chi connectivity index (χ2v) is 7.05. The molecule has 0 unspecified atom stereocenters. The first-order valence-electron chi connectivity index (χ1n) is 7.03. The van der Waals surface area contributed by atoms with Gasteiger partial charge in [-0.05, 0) is 57.1 Å². The van der Waals surface area contributed by atoms with Crippen LogP contribution in [0.1, 0.15) is 25.3 Å². The van der Waals surface area contributed by atoms with Gasteiger partial charge in [-0.15, -0.1) is 0 Å². The normalized spacial score (nSPS) is 18.3. The maximum atomic E-state index is 12.4. The van der Waals surface area contributed by atoms with Gasteiger partial charge in [-0.3, -0.25) is 0 Å². The number of sulfonamides is 1. The van der Waals surface area contributed by atoms with Crippen molar-refractivity contribution in [2.75, 3.05) is 25.4 Å². The molecule has 0 aromatic heterocycles. The van der Waals surface area contributed by atoms with Gasteiger partial charge >= 0.3 is 0 Å². The monoisotopic (exact) mass is 297 g/mol. The Balaban J connectivity index is 2.08. The van der Waals surface area contributed by atoms with Crippen LogP contribution in [0.15, 0.2) is 23.1 Å². The number of rotatable bonds is 4. The molecule has 20 heavy (non-hydrogen) atoms. The van der Waals surface area contributed by atoms with Crippen molar-refractivity contribution in [2.24, 2.45) is 0 Å². The van der Waals surface area contributed by atoms with Crippen LogP contribution in [0.25, 0.3) is 0 Å². The largest absolute Gasteiger partial charge is 0.398 e. The Morgan fingerprint density at radius 1 is 1.35 bits per heavy atom. The number of nitrogens with two attached hydrogens (primary N) is 1. The van der Waals surface area contributed by atoms with Gasteiger partial charge in [-0.2, -0.15) is 0 Å². The molecule has 1 aliphatic rings. The van der Waals surface area contributed by atoms with Gasteiger partial charge in [0.1, 0.15) is 4.90 Å². The summed E-state index contributed by atoms with van der Waals surface area (Å²) in [6, 6.07) is 5.04. The number of nitrogens with zero attached hydrogens (tertiary/aromatic N) is 1. The lowest BCUT2D eigenvalue weighted by Gasteiger charge is -2.31. The third-order valence-electron chi connectivity index (χ3n) is 3.81. The number of hydrogen-bond acceptors (Lipinski definition) is 4. The minimum absolute atomic E-state index is 0.00324. The summed E-state index contributed by atoms with van der Waals surface area (Å²) in [4.78, 5) is 2.51. The number of nitrogens with one attached hydrogen (secondary N) is 1. The van der Waals surface area contributed by atoms with Crippen LogP contribution in [0.5, 0.6) is 0 Å². The molecule has 1 heterocycles. The van der Waals surface area contributed by atoms with E-state index in [1.807, 2.05) is 6.92 Å². The smallest absolute Gasteiger partial charge is 0.242 e. The Bertz CT molecular complexity index is 564. The van der Waals surface area contributed by atoms with Gasteiger partial charge in [0.2, 0.25) is 10.0 Å². The molecule has 0 radical (unpaired) electrons. The van der Waals surface area contributed by atoms with E-state index in [1.54, 1.807) is 18.2 Å². The number of anilines is 1. The van der Waals surface area contributed by atoms with Crippen LogP contribution < -0.4 is 10.5 Å². The number of aryl methyl sites for hydroxylation is 1. The lowest BCUT2D eigenvalue weighted by molar-refractivity contribution is 0.217. The lowest BCUT2D eigenvalue weighted by atomic mass is 10.1. The number of nitrogen functional groups attached to an aromatic ring is 1. The zero-order chi connectivity index (χ0) is 14.8. The van der Waals surface area contributed by atoms with Gasteiger partial charge in [0.25, 0.3) is 0 Å². The van der Waals surface area contributed by atoms with E-state index in [2.05, 4.69) is 16.5 Å². The Morgan fingerprint density at radius 3 is 2.55 bits per heavy atom. The summed E-state index contributed by atoms with van der Waals surface area (Å²) >= 11 is 0. The minimum atomic E-state index is -3.53. The fourth-order valence-electron chi connectivity index (χ4n) is 2.56. The Labute approximate surface area is 121 Å². The fraction of sp³-hybridized carbons (Fsp3) is 0.571. The van der Waals surface area contributed by atoms with Gasteiger partial charge in [0, 0.05) is 6.04 Å². The van der Waals surface area contributed by atoms with E-state index in [4.69, 9.17) is 5.73 Å². The van der Waals surface area contributed by atoms with Gasteiger partial charge in [-0.1, -0.05) is 13.0 Å². The fourth-order valence-corrected chi connectivity index (χ4v) is 3.98. The van der Waals surface area contributed by atoms with Crippen LogP contribution in [0, 0.1) is 6.92 Å². The first kappa shape index (κ1) is 15.3. The van der Waals surface area contributed by atoms with Gasteiger partial charge in [-0.25, -0.2) is 13.1 Å². The van der Waals surface area contributed by atoms with Gasteiger partial charge in [0.05, 0.1) is 5.69 Å². The van der Waals surface area contributed by atoms with Crippen molar-refractivity contribution in [1.82, 2.24) is 9.62 Å². The topological polar surface area (TPSA) is 75.4 Å². The standard InChI is InChI=1S/C14H23N3O2S/c1-3-17-8-6-12(7-9-17)16-20(18,19)14-5-4-11(2)10-13(14)15/h4-5,10,12,16H,3,6-9,15H2,1-2H3.